The van der Waals surface area contributed by atoms with Crippen molar-refractivity contribution >= 4 is 80.8 Å². The van der Waals surface area contributed by atoms with Gasteiger partial charge in [-0.2, -0.15) is 0 Å². The van der Waals surface area contributed by atoms with Gasteiger partial charge in [0.25, 0.3) is 0 Å². The maximum absolute atomic E-state index is 5.96. The van der Waals surface area contributed by atoms with Crippen molar-refractivity contribution in [2.75, 3.05) is 32.7 Å². The molecule has 0 amide bonds. The second-order valence-electron chi connectivity index (χ2n) is 6.24. The number of rotatable bonds is 9. The predicted octanol–water partition coefficient (Wildman–Crippen LogP) is 8.17. The third-order valence-electron chi connectivity index (χ3n) is 4.12. The Morgan fingerprint density at radius 3 is 1.55 bits per heavy atom. The number of ether oxygens (including phenoxy) is 4. The summed E-state index contributed by atoms with van der Waals surface area (Å²) in [5, 5.41) is 0. The lowest BCUT2D eigenvalue weighted by molar-refractivity contribution is 0.0505. The highest BCUT2D eigenvalue weighted by atomic mass is 79.9. The smallest absolute Gasteiger partial charge is 0.188 e. The molecule has 5 nitrogen and oxygen atoms in total. The molecule has 3 aromatic carbocycles. The van der Waals surface area contributed by atoms with Crippen LogP contribution in [-0.2, 0) is 9.47 Å². The van der Waals surface area contributed by atoms with Crippen LogP contribution in [0.5, 0.6) is 11.5 Å². The third kappa shape index (κ3) is 6.03. The van der Waals surface area contributed by atoms with E-state index in [2.05, 4.69) is 68.6 Å². The number of nitrogens with zero attached hydrogens (tertiary/aromatic N) is 1. The zero-order valence-electron chi connectivity index (χ0n) is 16.7. The van der Waals surface area contributed by atoms with E-state index in [4.69, 9.17) is 18.9 Å². The molecule has 0 N–H and O–H groups in total. The Hall–Kier alpha value is -1.10. The van der Waals surface area contributed by atoms with E-state index in [0.717, 1.165) is 35.0 Å². The number of methoxy groups -OCH3 is 2. The van der Waals surface area contributed by atoms with Crippen molar-refractivity contribution < 1.29 is 18.9 Å². The van der Waals surface area contributed by atoms with Crippen molar-refractivity contribution in [1.82, 2.24) is 0 Å². The van der Waals surface area contributed by atoms with E-state index in [9.17, 15) is 0 Å². The molecular formula is C22H19Br4NO4. The Bertz CT molecular complexity index is 970. The first kappa shape index (κ1) is 24.5. The number of anilines is 3. The Balaban J connectivity index is 2.31. The second kappa shape index (κ2) is 11.7. The van der Waals surface area contributed by atoms with Crippen LogP contribution in [0.4, 0.5) is 17.1 Å². The van der Waals surface area contributed by atoms with Gasteiger partial charge in [-0.15, -0.1) is 0 Å². The van der Waals surface area contributed by atoms with E-state index >= 15 is 0 Å². The summed E-state index contributed by atoms with van der Waals surface area (Å²) in [7, 11) is 3.17. The Morgan fingerprint density at radius 2 is 1.13 bits per heavy atom. The molecular weight excluding hydrogens is 662 g/mol. The van der Waals surface area contributed by atoms with Crippen LogP contribution >= 0.6 is 63.7 Å². The summed E-state index contributed by atoms with van der Waals surface area (Å²) in [5.41, 5.74) is 2.50. The van der Waals surface area contributed by atoms with Crippen LogP contribution < -0.4 is 14.4 Å². The van der Waals surface area contributed by atoms with Crippen molar-refractivity contribution in [3.8, 4) is 11.5 Å². The molecule has 0 aromatic heterocycles. The lowest BCUT2D eigenvalue weighted by Crippen LogP contribution is -2.15. The monoisotopic (exact) mass is 677 g/mol. The highest BCUT2D eigenvalue weighted by molar-refractivity contribution is 9.11. The van der Waals surface area contributed by atoms with Gasteiger partial charge in [0.2, 0.25) is 0 Å². The molecule has 0 aliphatic rings. The molecule has 9 heteroatoms. The van der Waals surface area contributed by atoms with E-state index < -0.39 is 0 Å². The summed E-state index contributed by atoms with van der Waals surface area (Å²) < 4.78 is 25.6. The van der Waals surface area contributed by atoms with Crippen molar-refractivity contribution in [1.29, 1.82) is 0 Å². The van der Waals surface area contributed by atoms with Gasteiger partial charge in [-0.1, -0.05) is 50.1 Å². The molecule has 3 aromatic rings. The van der Waals surface area contributed by atoms with Crippen LogP contribution in [-0.4, -0.2) is 27.8 Å². The highest BCUT2D eigenvalue weighted by Crippen LogP contribution is 2.50. The average Bonchev–Trinajstić information content (AvgIpc) is 2.73. The molecule has 0 aliphatic heterocycles. The standard InChI is InChI=1S/C22H19Br4NO4/c1-28-12-30-21-17(25)8-14(23)10-19(21)27(16-6-4-3-5-7-16)20-11-15(24)9-18(26)22(20)31-13-29-2/h3-11H,12-13H2,1-2H3. The molecule has 0 heterocycles. The normalized spacial score (nSPS) is 10.8. The molecule has 3 rings (SSSR count). The van der Waals surface area contributed by atoms with Gasteiger partial charge in [0.15, 0.2) is 25.1 Å². The number of benzene rings is 3. The molecule has 0 atom stereocenters. The molecule has 0 fully saturated rings. The summed E-state index contributed by atoms with van der Waals surface area (Å²) in [5.74, 6) is 1.25. The van der Waals surface area contributed by atoms with E-state index in [1.165, 1.54) is 0 Å². The Labute approximate surface area is 215 Å². The second-order valence-corrected chi connectivity index (χ2v) is 9.78. The maximum Gasteiger partial charge on any atom is 0.188 e. The summed E-state index contributed by atoms with van der Waals surface area (Å²) in [6.07, 6.45) is 0. The minimum Gasteiger partial charge on any atom is -0.464 e. The van der Waals surface area contributed by atoms with Crippen molar-refractivity contribution in [2.45, 2.75) is 0 Å². The average molecular weight is 681 g/mol. The first-order valence-electron chi connectivity index (χ1n) is 9.03. The molecule has 164 valence electrons. The van der Waals surface area contributed by atoms with Gasteiger partial charge in [0, 0.05) is 28.9 Å². The summed E-state index contributed by atoms with van der Waals surface area (Å²) in [4.78, 5) is 2.06. The fourth-order valence-electron chi connectivity index (χ4n) is 2.93. The summed E-state index contributed by atoms with van der Waals surface area (Å²) in [6, 6.07) is 17.8. The van der Waals surface area contributed by atoms with Gasteiger partial charge in [-0.25, -0.2) is 0 Å². The number of para-hydroxylation sites is 1. The number of hydrogen-bond donors (Lipinski definition) is 0. The van der Waals surface area contributed by atoms with Crippen LogP contribution in [0.1, 0.15) is 0 Å². The van der Waals surface area contributed by atoms with Crippen molar-refractivity contribution in [3.05, 3.63) is 72.5 Å². The third-order valence-corrected chi connectivity index (χ3v) is 6.21. The maximum atomic E-state index is 5.96. The minimum absolute atomic E-state index is 0.102. The van der Waals surface area contributed by atoms with Gasteiger partial charge in [0.05, 0.1) is 20.3 Å². The first-order valence-corrected chi connectivity index (χ1v) is 12.2. The largest absolute Gasteiger partial charge is 0.464 e. The van der Waals surface area contributed by atoms with E-state index in [1.54, 1.807) is 14.2 Å². The molecule has 0 spiro atoms. The fraction of sp³-hybridized carbons (Fsp3) is 0.182. The SMILES string of the molecule is COCOc1c(Br)cc(Br)cc1N(c1ccccc1)c1cc(Br)cc(Br)c1OCOC. The molecule has 31 heavy (non-hydrogen) atoms. The highest BCUT2D eigenvalue weighted by Gasteiger charge is 2.25. The zero-order valence-corrected chi connectivity index (χ0v) is 23.0. The lowest BCUT2D eigenvalue weighted by atomic mass is 10.1. The van der Waals surface area contributed by atoms with Gasteiger partial charge in [0.1, 0.15) is 0 Å². The molecule has 0 aliphatic carbocycles. The van der Waals surface area contributed by atoms with Gasteiger partial charge >= 0.3 is 0 Å². The van der Waals surface area contributed by atoms with Crippen LogP contribution in [0.25, 0.3) is 0 Å². The summed E-state index contributed by atoms with van der Waals surface area (Å²) >= 11 is 14.5. The Kier molecular flexibility index (Phi) is 9.24. The van der Waals surface area contributed by atoms with Crippen LogP contribution in [0.15, 0.2) is 72.5 Å². The van der Waals surface area contributed by atoms with E-state index in [1.807, 2.05) is 54.6 Å². The molecule has 0 bridgehead atoms. The molecule has 0 radical (unpaired) electrons. The predicted molar refractivity (Wildman–Crippen MR) is 137 cm³/mol. The lowest BCUT2D eigenvalue weighted by Gasteiger charge is -2.30. The van der Waals surface area contributed by atoms with E-state index in [-0.39, 0.29) is 13.6 Å². The van der Waals surface area contributed by atoms with E-state index in [0.29, 0.717) is 11.5 Å². The van der Waals surface area contributed by atoms with Crippen molar-refractivity contribution in [2.24, 2.45) is 0 Å². The quantitative estimate of drug-likeness (QED) is 0.213. The number of halogens is 4. The van der Waals surface area contributed by atoms with Crippen LogP contribution in [0.2, 0.25) is 0 Å². The minimum atomic E-state index is 0.102. The number of hydrogen-bond acceptors (Lipinski definition) is 5. The van der Waals surface area contributed by atoms with Gasteiger partial charge < -0.3 is 23.8 Å². The Morgan fingerprint density at radius 1 is 0.677 bits per heavy atom. The molecule has 0 unspecified atom stereocenters. The van der Waals surface area contributed by atoms with Crippen LogP contribution in [0.3, 0.4) is 0 Å². The van der Waals surface area contributed by atoms with Gasteiger partial charge in [-0.05, 0) is 68.3 Å². The summed E-state index contributed by atoms with van der Waals surface area (Å²) in [6.45, 7) is 0.205. The fourth-order valence-corrected chi connectivity index (χ4v) is 5.57. The van der Waals surface area contributed by atoms with Crippen LogP contribution in [0, 0.1) is 0 Å². The van der Waals surface area contributed by atoms with Crippen molar-refractivity contribution in [3.63, 3.8) is 0 Å². The molecule has 0 saturated heterocycles. The first-order chi connectivity index (χ1) is 15.0. The topological polar surface area (TPSA) is 40.2 Å². The van der Waals surface area contributed by atoms with Gasteiger partial charge in [-0.3, -0.25) is 0 Å². The molecule has 0 saturated carbocycles. The zero-order chi connectivity index (χ0) is 22.4.